The number of nitrogens with zero attached hydrogens (tertiary/aromatic N) is 1. The second-order valence-electron chi connectivity index (χ2n) is 8.49. The third-order valence-electron chi connectivity index (χ3n) is 6.34. The highest BCUT2D eigenvalue weighted by atomic mass is 16.5. The van der Waals surface area contributed by atoms with Crippen LogP contribution < -0.4 is 19.7 Å². The Kier molecular flexibility index (Phi) is 5.22. The highest BCUT2D eigenvalue weighted by molar-refractivity contribution is 5.91. The Morgan fingerprint density at radius 3 is 2.73 bits per heavy atom. The largest absolute Gasteiger partial charge is 0.493 e. The van der Waals surface area contributed by atoms with Gasteiger partial charge >= 0.3 is 0 Å². The molecule has 1 N–H and O–H groups in total. The summed E-state index contributed by atoms with van der Waals surface area (Å²) in [6.07, 6.45) is 6.28. The number of fused-ring (bicyclic) bond motifs is 3. The number of unbranched alkanes of at least 4 members (excludes halogenated alkanes) is 1. The van der Waals surface area contributed by atoms with E-state index in [0.717, 1.165) is 29.8 Å². The molecule has 1 amide bonds. The van der Waals surface area contributed by atoms with Crippen molar-refractivity contribution in [1.82, 2.24) is 5.32 Å². The molecule has 2 aromatic carbocycles. The zero-order chi connectivity index (χ0) is 21.4. The Balaban J connectivity index is 1.67. The molecular formula is C25H30N2O3. The number of benzene rings is 2. The van der Waals surface area contributed by atoms with E-state index in [1.54, 1.807) is 7.11 Å². The molecular weight excluding hydrogens is 376 g/mol. The van der Waals surface area contributed by atoms with Crippen molar-refractivity contribution in [2.75, 3.05) is 25.2 Å². The molecule has 0 radical (unpaired) electrons. The van der Waals surface area contributed by atoms with Gasteiger partial charge in [0, 0.05) is 11.1 Å². The molecule has 1 atom stereocenters. The molecule has 2 heterocycles. The Morgan fingerprint density at radius 1 is 1.17 bits per heavy atom. The van der Waals surface area contributed by atoms with Gasteiger partial charge in [-0.3, -0.25) is 4.79 Å². The molecule has 2 aliphatic rings. The quantitative estimate of drug-likeness (QED) is 0.688. The molecule has 0 spiro atoms. The van der Waals surface area contributed by atoms with Gasteiger partial charge in [-0.2, -0.15) is 0 Å². The topological polar surface area (TPSA) is 50.8 Å². The van der Waals surface area contributed by atoms with Crippen molar-refractivity contribution in [2.45, 2.75) is 44.7 Å². The van der Waals surface area contributed by atoms with Crippen molar-refractivity contribution in [1.29, 1.82) is 0 Å². The van der Waals surface area contributed by atoms with Crippen LogP contribution in [0.15, 0.2) is 48.5 Å². The Hall–Kier alpha value is -2.95. The van der Waals surface area contributed by atoms with E-state index < -0.39 is 5.66 Å². The minimum Gasteiger partial charge on any atom is -0.493 e. The maximum Gasteiger partial charge on any atom is 0.241 e. The van der Waals surface area contributed by atoms with Crippen molar-refractivity contribution < 1.29 is 14.3 Å². The lowest BCUT2D eigenvalue weighted by Crippen LogP contribution is -2.58. The minimum atomic E-state index is -0.600. The zero-order valence-electron chi connectivity index (χ0n) is 18.2. The number of amides is 1. The van der Waals surface area contributed by atoms with E-state index in [4.69, 9.17) is 9.47 Å². The van der Waals surface area contributed by atoms with Crippen molar-refractivity contribution in [3.63, 3.8) is 0 Å². The van der Waals surface area contributed by atoms with Gasteiger partial charge in [-0.1, -0.05) is 57.5 Å². The smallest absolute Gasteiger partial charge is 0.241 e. The first-order valence-corrected chi connectivity index (χ1v) is 10.6. The van der Waals surface area contributed by atoms with Crippen LogP contribution in [0.25, 0.3) is 6.08 Å². The molecule has 0 aromatic heterocycles. The molecule has 0 aliphatic carbocycles. The molecule has 0 bridgehead atoms. The van der Waals surface area contributed by atoms with Crippen LogP contribution in [0.3, 0.4) is 0 Å². The van der Waals surface area contributed by atoms with E-state index in [0.29, 0.717) is 18.9 Å². The van der Waals surface area contributed by atoms with Gasteiger partial charge in [0.25, 0.3) is 0 Å². The van der Waals surface area contributed by atoms with Gasteiger partial charge in [0.2, 0.25) is 5.91 Å². The van der Waals surface area contributed by atoms with Crippen LogP contribution >= 0.6 is 0 Å². The first-order chi connectivity index (χ1) is 14.4. The van der Waals surface area contributed by atoms with E-state index in [1.165, 1.54) is 5.56 Å². The first-order valence-electron chi connectivity index (χ1n) is 10.6. The molecule has 1 unspecified atom stereocenters. The lowest BCUT2D eigenvalue weighted by molar-refractivity contribution is -0.118. The van der Waals surface area contributed by atoms with Crippen LogP contribution in [0.4, 0.5) is 5.69 Å². The van der Waals surface area contributed by atoms with E-state index in [-0.39, 0.29) is 11.3 Å². The summed E-state index contributed by atoms with van der Waals surface area (Å²) in [5.41, 5.74) is 2.48. The molecule has 30 heavy (non-hydrogen) atoms. The van der Waals surface area contributed by atoms with Crippen LogP contribution in [-0.4, -0.2) is 31.8 Å². The van der Waals surface area contributed by atoms with Gasteiger partial charge in [-0.05, 0) is 41.8 Å². The van der Waals surface area contributed by atoms with Crippen molar-refractivity contribution in [2.24, 2.45) is 0 Å². The van der Waals surface area contributed by atoms with Crippen LogP contribution in [0.2, 0.25) is 0 Å². The number of carbonyl (C=O) groups is 1. The second kappa shape index (κ2) is 7.71. The highest BCUT2D eigenvalue weighted by Crippen LogP contribution is 2.52. The van der Waals surface area contributed by atoms with Crippen LogP contribution in [-0.2, 0) is 10.2 Å². The third kappa shape index (κ3) is 3.13. The lowest BCUT2D eigenvalue weighted by atomic mass is 9.75. The summed E-state index contributed by atoms with van der Waals surface area (Å²) in [7, 11) is 1.66. The summed E-state index contributed by atoms with van der Waals surface area (Å²) >= 11 is 0. The summed E-state index contributed by atoms with van der Waals surface area (Å²) in [6, 6.07) is 14.3. The normalized spacial score (nSPS) is 21.5. The van der Waals surface area contributed by atoms with Gasteiger partial charge in [0.1, 0.15) is 5.66 Å². The number of nitrogens with one attached hydrogen (secondary N) is 1. The summed E-state index contributed by atoms with van der Waals surface area (Å²) in [4.78, 5) is 14.6. The molecule has 158 valence electrons. The number of carbonyl (C=O) groups excluding carboxylic acids is 1. The molecule has 4 rings (SSSR count). The molecule has 2 aliphatic heterocycles. The minimum absolute atomic E-state index is 0.0412. The SMILES string of the molecule is CCCCOc1ccc(C=CC23NC(=O)CN2c2ccccc2C3(C)C)cc1OC. The summed E-state index contributed by atoms with van der Waals surface area (Å²) in [5, 5.41) is 3.26. The molecule has 5 nitrogen and oxygen atoms in total. The van der Waals surface area contributed by atoms with E-state index in [2.05, 4.69) is 61.3 Å². The van der Waals surface area contributed by atoms with Gasteiger partial charge in [-0.25, -0.2) is 0 Å². The van der Waals surface area contributed by atoms with Crippen molar-refractivity contribution >= 4 is 17.7 Å². The van der Waals surface area contributed by atoms with Gasteiger partial charge in [0.15, 0.2) is 11.5 Å². The van der Waals surface area contributed by atoms with E-state index in [9.17, 15) is 4.79 Å². The molecule has 1 fully saturated rings. The molecule has 5 heteroatoms. The zero-order valence-corrected chi connectivity index (χ0v) is 18.2. The fourth-order valence-corrected chi connectivity index (χ4v) is 4.59. The lowest BCUT2D eigenvalue weighted by Gasteiger charge is -2.40. The van der Waals surface area contributed by atoms with Gasteiger partial charge in [-0.15, -0.1) is 0 Å². The van der Waals surface area contributed by atoms with Crippen LogP contribution in [0, 0.1) is 0 Å². The maximum absolute atomic E-state index is 12.4. The van der Waals surface area contributed by atoms with Crippen molar-refractivity contribution in [3.8, 4) is 11.5 Å². The summed E-state index contributed by atoms with van der Waals surface area (Å²) < 4.78 is 11.4. The monoisotopic (exact) mass is 406 g/mol. The standard InChI is InChI=1S/C25H30N2O3/c1-5-6-15-30-21-12-11-18(16-22(21)29-4)13-14-25-24(2,3)19-9-7-8-10-20(19)27(25)17-23(28)26-25/h7-14,16H,5-6,15,17H2,1-4H3,(H,26,28). The van der Waals surface area contributed by atoms with E-state index >= 15 is 0 Å². The second-order valence-corrected chi connectivity index (χ2v) is 8.49. The molecule has 0 saturated carbocycles. The average molecular weight is 407 g/mol. The average Bonchev–Trinajstić information content (AvgIpc) is 3.18. The Morgan fingerprint density at radius 2 is 1.97 bits per heavy atom. The number of para-hydroxylation sites is 1. The summed E-state index contributed by atoms with van der Waals surface area (Å²) in [6.45, 7) is 7.55. The van der Waals surface area contributed by atoms with Crippen LogP contribution in [0.1, 0.15) is 44.7 Å². The van der Waals surface area contributed by atoms with Gasteiger partial charge < -0.3 is 19.7 Å². The Labute approximate surface area is 178 Å². The number of rotatable bonds is 7. The molecule has 2 aromatic rings. The van der Waals surface area contributed by atoms with E-state index in [1.807, 2.05) is 24.3 Å². The molecule has 1 saturated heterocycles. The number of hydrogen-bond donors (Lipinski definition) is 1. The number of anilines is 1. The highest BCUT2D eigenvalue weighted by Gasteiger charge is 2.59. The summed E-state index contributed by atoms with van der Waals surface area (Å²) in [5.74, 6) is 1.51. The Bertz CT molecular complexity index is 982. The number of methoxy groups -OCH3 is 1. The maximum atomic E-state index is 12.4. The first kappa shape index (κ1) is 20.3. The van der Waals surface area contributed by atoms with Crippen LogP contribution in [0.5, 0.6) is 11.5 Å². The van der Waals surface area contributed by atoms with Gasteiger partial charge in [0.05, 0.1) is 20.3 Å². The third-order valence-corrected chi connectivity index (χ3v) is 6.34. The van der Waals surface area contributed by atoms with Crippen molar-refractivity contribution in [3.05, 3.63) is 59.7 Å². The fraction of sp³-hybridized carbons (Fsp3) is 0.400. The fourth-order valence-electron chi connectivity index (χ4n) is 4.59. The number of ether oxygens (including phenoxy) is 2. The number of hydrogen-bond acceptors (Lipinski definition) is 4. The predicted octanol–water partition coefficient (Wildman–Crippen LogP) is 4.51. The predicted molar refractivity (Wildman–Crippen MR) is 120 cm³/mol.